The van der Waals surface area contributed by atoms with E-state index < -0.39 is 48.7 Å². The maximum atomic E-state index is 12.8. The van der Waals surface area contributed by atoms with E-state index >= 15 is 0 Å². The number of hydrogen-bond donors (Lipinski definition) is 1. The number of nitrogens with zero attached hydrogens (tertiary/aromatic N) is 1. The molecule has 1 aromatic rings. The van der Waals surface area contributed by atoms with Crippen LogP contribution < -0.4 is 14.8 Å². The molecule has 1 aromatic carbocycles. The lowest BCUT2D eigenvalue weighted by Crippen LogP contribution is -2.38. The van der Waals surface area contributed by atoms with Crippen LogP contribution in [0.2, 0.25) is 0 Å². The zero-order valence-electron chi connectivity index (χ0n) is 17.4. The van der Waals surface area contributed by atoms with Gasteiger partial charge in [-0.2, -0.15) is 0 Å². The van der Waals surface area contributed by atoms with Crippen molar-refractivity contribution in [2.45, 2.75) is 17.2 Å². The maximum Gasteiger partial charge on any atom is 0.326 e. The number of anilines is 1. The normalized spacial score (nSPS) is 30.3. The summed E-state index contributed by atoms with van der Waals surface area (Å²) >= 11 is 12.6. The van der Waals surface area contributed by atoms with Gasteiger partial charge in [-0.25, -0.2) is 0 Å². The van der Waals surface area contributed by atoms with Crippen LogP contribution in [0.15, 0.2) is 18.2 Å². The number of methoxy groups -OCH3 is 2. The molecule has 1 N–H and O–H groups in total. The average molecular weight is 485 g/mol. The van der Waals surface area contributed by atoms with E-state index in [0.29, 0.717) is 23.6 Å². The summed E-state index contributed by atoms with van der Waals surface area (Å²) in [6, 6.07) is 4.84. The van der Waals surface area contributed by atoms with Gasteiger partial charge >= 0.3 is 5.97 Å². The molecule has 3 amide bonds. The van der Waals surface area contributed by atoms with Crippen molar-refractivity contribution < 1.29 is 33.4 Å². The van der Waals surface area contributed by atoms with E-state index in [9.17, 15) is 19.2 Å². The highest BCUT2D eigenvalue weighted by Gasteiger charge is 2.66. The number of rotatable bonds is 7. The molecule has 9 nitrogen and oxygen atoms in total. The fourth-order valence-electron chi connectivity index (χ4n) is 4.99. The van der Waals surface area contributed by atoms with Crippen molar-refractivity contribution in [3.05, 3.63) is 18.2 Å². The average Bonchev–Trinajstić information content (AvgIpc) is 3.38. The lowest BCUT2D eigenvalue weighted by atomic mass is 9.80. The number of esters is 1. The van der Waals surface area contributed by atoms with Crippen LogP contribution in [0.3, 0.4) is 0 Å². The van der Waals surface area contributed by atoms with Gasteiger partial charge in [-0.1, -0.05) is 0 Å². The molecule has 6 atom stereocenters. The highest BCUT2D eigenvalue weighted by atomic mass is 35.5. The van der Waals surface area contributed by atoms with Crippen molar-refractivity contribution in [1.82, 2.24) is 4.90 Å². The van der Waals surface area contributed by atoms with Gasteiger partial charge in [-0.05, 0) is 30.4 Å². The van der Waals surface area contributed by atoms with Gasteiger partial charge in [0.15, 0.2) is 6.61 Å². The van der Waals surface area contributed by atoms with Crippen LogP contribution in [0.25, 0.3) is 0 Å². The molecule has 0 unspecified atom stereocenters. The second-order valence-electron chi connectivity index (χ2n) is 8.04. The van der Waals surface area contributed by atoms with Gasteiger partial charge in [-0.15, -0.1) is 23.2 Å². The summed E-state index contributed by atoms with van der Waals surface area (Å²) in [5, 5.41) is 1.82. The number of halogens is 2. The van der Waals surface area contributed by atoms with Crippen molar-refractivity contribution in [2.24, 2.45) is 23.7 Å². The molecule has 0 aromatic heterocycles. The van der Waals surface area contributed by atoms with Crippen LogP contribution in [-0.4, -0.2) is 66.7 Å². The lowest BCUT2D eigenvalue weighted by Gasteiger charge is -2.28. The molecule has 3 aliphatic rings. The smallest absolute Gasteiger partial charge is 0.326 e. The molecule has 11 heteroatoms. The number of hydrogen-bond acceptors (Lipinski definition) is 7. The molecule has 172 valence electrons. The third kappa shape index (κ3) is 3.77. The Bertz CT molecular complexity index is 939. The highest BCUT2D eigenvalue weighted by Crippen LogP contribution is 2.59. The lowest BCUT2D eigenvalue weighted by molar-refractivity contribution is -0.154. The number of likely N-dealkylation sites (tertiary alicyclic amines) is 1. The Morgan fingerprint density at radius 1 is 1.06 bits per heavy atom. The van der Waals surface area contributed by atoms with Crippen molar-refractivity contribution in [3.63, 3.8) is 0 Å². The van der Waals surface area contributed by atoms with Gasteiger partial charge in [0, 0.05) is 6.07 Å². The molecule has 1 heterocycles. The van der Waals surface area contributed by atoms with E-state index in [1.165, 1.54) is 14.2 Å². The predicted octanol–water partition coefficient (Wildman–Crippen LogP) is 1.65. The number of imide groups is 1. The minimum absolute atomic E-state index is 0.171. The van der Waals surface area contributed by atoms with Gasteiger partial charge in [0.25, 0.3) is 5.91 Å². The minimum atomic E-state index is -0.864. The van der Waals surface area contributed by atoms with Crippen LogP contribution in [0.5, 0.6) is 11.5 Å². The van der Waals surface area contributed by atoms with Gasteiger partial charge in [0.2, 0.25) is 11.8 Å². The number of amides is 3. The maximum absolute atomic E-state index is 12.8. The zero-order valence-corrected chi connectivity index (χ0v) is 18.9. The summed E-state index contributed by atoms with van der Waals surface area (Å²) in [5.74, 6) is -2.86. The Balaban J connectivity index is 1.33. The van der Waals surface area contributed by atoms with Crippen LogP contribution in [-0.2, 0) is 23.9 Å². The third-order valence-corrected chi connectivity index (χ3v) is 7.73. The number of alkyl halides is 2. The van der Waals surface area contributed by atoms with Gasteiger partial charge < -0.3 is 19.5 Å². The van der Waals surface area contributed by atoms with Crippen LogP contribution in [0, 0.1) is 23.7 Å². The summed E-state index contributed by atoms with van der Waals surface area (Å²) in [7, 11) is 2.93. The van der Waals surface area contributed by atoms with Crippen LogP contribution >= 0.6 is 23.2 Å². The molecule has 2 aliphatic carbocycles. The molecule has 32 heavy (non-hydrogen) atoms. The molecule has 0 radical (unpaired) electrons. The quantitative estimate of drug-likeness (QED) is 0.355. The van der Waals surface area contributed by atoms with E-state index in [1.54, 1.807) is 18.2 Å². The summed E-state index contributed by atoms with van der Waals surface area (Å²) in [5.41, 5.74) is 0.340. The summed E-state index contributed by atoms with van der Waals surface area (Å²) < 4.78 is 15.3. The van der Waals surface area contributed by atoms with Gasteiger partial charge in [0.1, 0.15) is 18.0 Å². The summed E-state index contributed by atoms with van der Waals surface area (Å²) in [6.45, 7) is -1.15. The van der Waals surface area contributed by atoms with E-state index in [0.717, 1.165) is 4.90 Å². The molecule has 1 aliphatic heterocycles. The van der Waals surface area contributed by atoms with Crippen molar-refractivity contribution >= 4 is 52.6 Å². The summed E-state index contributed by atoms with van der Waals surface area (Å²) in [4.78, 5) is 50.9. The Labute approximate surface area is 194 Å². The Kier molecular flexibility index (Phi) is 6.22. The highest BCUT2D eigenvalue weighted by molar-refractivity contribution is 6.31. The first-order valence-corrected chi connectivity index (χ1v) is 10.9. The van der Waals surface area contributed by atoms with Crippen molar-refractivity contribution in [2.75, 3.05) is 32.7 Å². The van der Waals surface area contributed by atoms with Crippen LogP contribution in [0.1, 0.15) is 6.42 Å². The number of carbonyl (C=O) groups excluding carboxylic acids is 4. The second kappa shape index (κ2) is 8.78. The molecule has 1 saturated heterocycles. The molecule has 4 rings (SSSR count). The number of ether oxygens (including phenoxy) is 3. The largest absolute Gasteiger partial charge is 0.497 e. The molecular weight excluding hydrogens is 463 g/mol. The van der Waals surface area contributed by atoms with E-state index in [-0.39, 0.29) is 22.6 Å². The van der Waals surface area contributed by atoms with Crippen LogP contribution in [0.4, 0.5) is 5.69 Å². The first kappa shape index (κ1) is 22.7. The number of benzene rings is 1. The Hall–Kier alpha value is -2.52. The fraction of sp³-hybridized carbons (Fsp3) is 0.524. The summed E-state index contributed by atoms with van der Waals surface area (Å²) in [6.07, 6.45) is 0.640. The molecule has 2 bridgehead atoms. The monoisotopic (exact) mass is 484 g/mol. The molecule has 0 spiro atoms. The zero-order chi connectivity index (χ0) is 23.2. The second-order valence-corrected chi connectivity index (χ2v) is 9.05. The predicted molar refractivity (Wildman–Crippen MR) is 114 cm³/mol. The molecule has 3 fully saturated rings. The Morgan fingerprint density at radius 2 is 1.69 bits per heavy atom. The van der Waals surface area contributed by atoms with E-state index in [1.807, 2.05) is 0 Å². The minimum Gasteiger partial charge on any atom is -0.497 e. The molecule has 2 saturated carbocycles. The third-order valence-electron chi connectivity index (χ3n) is 6.41. The van der Waals surface area contributed by atoms with E-state index in [4.69, 9.17) is 37.4 Å². The number of carbonyl (C=O) groups is 4. The molecular formula is C21H22Cl2N2O7. The van der Waals surface area contributed by atoms with E-state index in [2.05, 4.69) is 5.32 Å². The van der Waals surface area contributed by atoms with Gasteiger partial charge in [-0.3, -0.25) is 24.1 Å². The Morgan fingerprint density at radius 3 is 2.25 bits per heavy atom. The SMILES string of the molecule is COc1ccc(OC)c(NC(=O)COC(=O)CN2C(=O)[C@@H]3[C@H]4C[C@@H]([C@H](Cl)[C@H]4Cl)[C@H]3C2=O)c1. The van der Waals surface area contributed by atoms with Gasteiger partial charge in [0.05, 0.1) is 42.5 Å². The van der Waals surface area contributed by atoms with Crippen molar-refractivity contribution in [1.29, 1.82) is 0 Å². The topological polar surface area (TPSA) is 111 Å². The first-order valence-electron chi connectivity index (χ1n) is 10.1. The number of fused-ring (bicyclic) bond motifs is 5. The van der Waals surface area contributed by atoms with Crippen molar-refractivity contribution in [3.8, 4) is 11.5 Å². The first-order chi connectivity index (χ1) is 15.3. The number of nitrogens with one attached hydrogen (secondary N) is 1. The standard InChI is InChI=1S/C21H22Cl2N2O7/c1-30-9-3-4-13(31-2)12(5-9)24-14(26)8-32-15(27)7-25-20(28)16-10-6-11(17(16)21(25)29)19(23)18(10)22/h3-5,10-11,16-19H,6-8H2,1-2H3,(H,24,26)/t10-,11-,16-,17-,18+,19+/m1/s1. The fourth-order valence-corrected chi connectivity index (χ4v) is 5.88.